The van der Waals surface area contributed by atoms with Gasteiger partial charge in [0.2, 0.25) is 0 Å². The Morgan fingerprint density at radius 3 is 2.38 bits per heavy atom. The Kier molecular flexibility index (Phi) is 5.63. The molecule has 26 heavy (non-hydrogen) atoms. The Bertz CT molecular complexity index is 917. The largest absolute Gasteiger partial charge is 0.276 e. The fourth-order valence-electron chi connectivity index (χ4n) is 3.06. The van der Waals surface area contributed by atoms with Crippen LogP contribution in [-0.4, -0.2) is 14.1 Å². The average Bonchev–Trinajstić information content (AvgIpc) is 2.63. The van der Waals surface area contributed by atoms with Crippen LogP contribution in [0.15, 0.2) is 52.5 Å². The monoisotopic (exact) mass is 394 g/mol. The molecule has 0 unspecified atom stereocenters. The zero-order chi connectivity index (χ0) is 18.7. The Morgan fingerprint density at radius 1 is 1.12 bits per heavy atom. The summed E-state index contributed by atoms with van der Waals surface area (Å²) in [6.45, 7) is 1.90. The fourth-order valence-corrected chi connectivity index (χ4v) is 4.10. The van der Waals surface area contributed by atoms with Gasteiger partial charge < -0.3 is 0 Å². The molecule has 0 amide bonds. The van der Waals surface area contributed by atoms with Crippen molar-refractivity contribution in [3.63, 3.8) is 0 Å². The van der Waals surface area contributed by atoms with E-state index in [1.165, 1.54) is 6.07 Å². The van der Waals surface area contributed by atoms with Gasteiger partial charge in [-0.25, -0.2) is 9.22 Å². The van der Waals surface area contributed by atoms with Crippen LogP contribution >= 0.6 is 11.6 Å². The van der Waals surface area contributed by atoms with E-state index in [1.807, 2.05) is 6.92 Å². The molecule has 0 saturated heterocycles. The van der Waals surface area contributed by atoms with E-state index in [9.17, 15) is 12.8 Å². The normalized spacial score (nSPS) is 17.8. The minimum Gasteiger partial charge on any atom is -0.205 e. The number of benzene rings is 2. The molecule has 1 N–H and O–H groups in total. The highest BCUT2D eigenvalue weighted by atomic mass is 35.5. The minimum atomic E-state index is -3.65. The molecule has 3 rings (SSSR count). The predicted molar refractivity (Wildman–Crippen MR) is 102 cm³/mol. The number of aryl methyl sites for hydroxylation is 1. The molecule has 0 aromatic heterocycles. The summed E-state index contributed by atoms with van der Waals surface area (Å²) >= 11 is 5.85. The van der Waals surface area contributed by atoms with Crippen molar-refractivity contribution >= 4 is 27.3 Å². The second-order valence-corrected chi connectivity index (χ2v) is 8.60. The summed E-state index contributed by atoms with van der Waals surface area (Å²) in [6.07, 6.45) is 3.03. The SMILES string of the molecule is Cc1ccc(S(=O)(=O)NN=C2CCC(c3ccc(F)c(Cl)c3)CC2)cc1. The van der Waals surface area contributed by atoms with E-state index >= 15 is 0 Å². The van der Waals surface area contributed by atoms with E-state index in [-0.39, 0.29) is 15.8 Å². The molecule has 0 radical (unpaired) electrons. The molecular weight excluding hydrogens is 375 g/mol. The second-order valence-electron chi connectivity index (χ2n) is 6.53. The number of hydrogen-bond acceptors (Lipinski definition) is 3. The van der Waals surface area contributed by atoms with Gasteiger partial charge in [-0.1, -0.05) is 35.4 Å². The van der Waals surface area contributed by atoms with Gasteiger partial charge in [-0.3, -0.25) is 0 Å². The molecule has 1 aliphatic carbocycles. The molecule has 138 valence electrons. The lowest BCUT2D eigenvalue weighted by Crippen LogP contribution is -2.22. The number of hydrazone groups is 1. The van der Waals surface area contributed by atoms with Crippen molar-refractivity contribution in [1.82, 2.24) is 4.83 Å². The number of rotatable bonds is 4. The second kappa shape index (κ2) is 7.76. The average molecular weight is 395 g/mol. The molecule has 2 aromatic rings. The van der Waals surface area contributed by atoms with Gasteiger partial charge in [0, 0.05) is 5.71 Å². The summed E-state index contributed by atoms with van der Waals surface area (Å²) in [5, 5.41) is 4.24. The zero-order valence-electron chi connectivity index (χ0n) is 14.4. The van der Waals surface area contributed by atoms with Crippen molar-refractivity contribution in [2.45, 2.75) is 43.4 Å². The minimum absolute atomic E-state index is 0.132. The molecule has 7 heteroatoms. The highest BCUT2D eigenvalue weighted by Gasteiger charge is 2.21. The molecule has 1 aliphatic rings. The molecule has 4 nitrogen and oxygen atoms in total. The number of hydrogen-bond donors (Lipinski definition) is 1. The topological polar surface area (TPSA) is 58.5 Å². The van der Waals surface area contributed by atoms with E-state index in [2.05, 4.69) is 9.93 Å². The van der Waals surface area contributed by atoms with Gasteiger partial charge >= 0.3 is 0 Å². The van der Waals surface area contributed by atoms with E-state index < -0.39 is 15.8 Å². The first-order chi connectivity index (χ1) is 12.3. The lowest BCUT2D eigenvalue weighted by molar-refractivity contribution is 0.558. The fraction of sp³-hybridized carbons (Fsp3) is 0.316. The molecule has 0 spiro atoms. The first kappa shape index (κ1) is 18.9. The lowest BCUT2D eigenvalue weighted by Gasteiger charge is -2.23. The summed E-state index contributed by atoms with van der Waals surface area (Å²) < 4.78 is 37.8. The van der Waals surface area contributed by atoms with Crippen LogP contribution < -0.4 is 4.83 Å². The van der Waals surface area contributed by atoms with Gasteiger partial charge in [0.15, 0.2) is 0 Å². The summed E-state index contributed by atoms with van der Waals surface area (Å²) in [6, 6.07) is 11.4. The maximum atomic E-state index is 13.3. The van der Waals surface area contributed by atoms with Crippen LogP contribution in [0.5, 0.6) is 0 Å². The zero-order valence-corrected chi connectivity index (χ0v) is 15.9. The molecule has 0 aliphatic heterocycles. The number of halogens is 2. The van der Waals surface area contributed by atoms with Crippen LogP contribution in [-0.2, 0) is 10.0 Å². The molecule has 2 aromatic carbocycles. The summed E-state index contributed by atoms with van der Waals surface area (Å²) in [7, 11) is -3.65. The standard InChI is InChI=1S/C19H20ClFN2O2S/c1-13-2-9-17(10-3-13)26(24,25)23-22-16-7-4-14(5-8-16)15-6-11-19(21)18(20)12-15/h2-3,6,9-12,14,23H,4-5,7-8H2,1H3. The third kappa shape index (κ3) is 4.43. The first-order valence-electron chi connectivity index (χ1n) is 8.44. The van der Waals surface area contributed by atoms with E-state index in [0.29, 0.717) is 12.8 Å². The van der Waals surface area contributed by atoms with Crippen molar-refractivity contribution in [2.24, 2.45) is 5.10 Å². The van der Waals surface area contributed by atoms with Crippen molar-refractivity contribution in [3.8, 4) is 0 Å². The van der Waals surface area contributed by atoms with Gasteiger partial charge in [0.1, 0.15) is 5.82 Å². The molecule has 0 atom stereocenters. The molecule has 0 bridgehead atoms. The van der Waals surface area contributed by atoms with Crippen molar-refractivity contribution in [3.05, 3.63) is 64.4 Å². The van der Waals surface area contributed by atoms with Crippen LogP contribution in [0.3, 0.4) is 0 Å². The van der Waals surface area contributed by atoms with Crippen LogP contribution in [0, 0.1) is 12.7 Å². The van der Waals surface area contributed by atoms with Crippen molar-refractivity contribution in [1.29, 1.82) is 0 Å². The predicted octanol–water partition coefficient (Wildman–Crippen LogP) is 4.78. The molecule has 1 fully saturated rings. The third-order valence-corrected chi connectivity index (χ3v) is 6.15. The Hall–Kier alpha value is -1.92. The highest BCUT2D eigenvalue weighted by Crippen LogP contribution is 2.33. The molecule has 0 heterocycles. The summed E-state index contributed by atoms with van der Waals surface area (Å²) in [5.74, 6) is -0.139. The smallest absolute Gasteiger partial charge is 0.205 e. The van der Waals surface area contributed by atoms with Gasteiger partial charge in [0.25, 0.3) is 10.0 Å². The van der Waals surface area contributed by atoms with E-state index in [4.69, 9.17) is 11.6 Å². The van der Waals surface area contributed by atoms with Gasteiger partial charge in [-0.2, -0.15) is 13.5 Å². The third-order valence-electron chi connectivity index (χ3n) is 4.63. The van der Waals surface area contributed by atoms with E-state index in [1.54, 1.807) is 36.4 Å². The molecular formula is C19H20ClFN2O2S. The quantitative estimate of drug-likeness (QED) is 0.758. The van der Waals surface area contributed by atoms with Crippen LogP contribution in [0.1, 0.15) is 42.7 Å². The molecule has 1 saturated carbocycles. The maximum absolute atomic E-state index is 13.3. The van der Waals surface area contributed by atoms with Crippen LogP contribution in [0.4, 0.5) is 4.39 Å². The van der Waals surface area contributed by atoms with Crippen LogP contribution in [0.25, 0.3) is 0 Å². The summed E-state index contributed by atoms with van der Waals surface area (Å²) in [5.41, 5.74) is 2.83. The Balaban J connectivity index is 1.62. The van der Waals surface area contributed by atoms with Gasteiger partial charge in [0.05, 0.1) is 9.92 Å². The van der Waals surface area contributed by atoms with Gasteiger partial charge in [-0.15, -0.1) is 0 Å². The summed E-state index contributed by atoms with van der Waals surface area (Å²) in [4.78, 5) is 2.52. The highest BCUT2D eigenvalue weighted by molar-refractivity contribution is 7.89. The maximum Gasteiger partial charge on any atom is 0.276 e. The number of sulfonamides is 1. The lowest BCUT2D eigenvalue weighted by atomic mass is 9.83. The van der Waals surface area contributed by atoms with Gasteiger partial charge in [-0.05, 0) is 68.4 Å². The van der Waals surface area contributed by atoms with Crippen molar-refractivity contribution in [2.75, 3.05) is 0 Å². The Morgan fingerprint density at radius 2 is 1.77 bits per heavy atom. The Labute approximate surface area is 158 Å². The van der Waals surface area contributed by atoms with E-state index in [0.717, 1.165) is 29.7 Å². The van der Waals surface area contributed by atoms with Crippen molar-refractivity contribution < 1.29 is 12.8 Å². The first-order valence-corrected chi connectivity index (χ1v) is 10.3. The van der Waals surface area contributed by atoms with Crippen LogP contribution in [0.2, 0.25) is 5.02 Å². The number of nitrogens with one attached hydrogen (secondary N) is 1. The number of nitrogens with zero attached hydrogens (tertiary/aromatic N) is 1.